The highest BCUT2D eigenvalue weighted by atomic mass is 16.4. The number of carbonyl (C=O) groups excluding carboxylic acids is 2. The maximum atomic E-state index is 9.90. The average molecular weight is 232 g/mol. The highest BCUT2D eigenvalue weighted by molar-refractivity contribution is 6.35. The standard InChI is InChI=1S/C6H10O4.C4H6O2/c7-5(8)3-1-2-4-6(9)10;1-3(5)4(2)6/h1-4H2,(H,7,8)(H,9,10);1-2H3. The van der Waals surface area contributed by atoms with Gasteiger partial charge in [0.1, 0.15) is 0 Å². The molecule has 0 radical (unpaired) electrons. The van der Waals surface area contributed by atoms with E-state index in [4.69, 9.17) is 10.2 Å². The predicted molar refractivity (Wildman–Crippen MR) is 55.1 cm³/mol. The SMILES string of the molecule is CC(=O)C(C)=O.O=C(O)CCCCC(=O)O. The molecule has 92 valence electrons. The van der Waals surface area contributed by atoms with Crippen molar-refractivity contribution in [3.8, 4) is 0 Å². The van der Waals surface area contributed by atoms with Crippen LogP contribution in [0.3, 0.4) is 0 Å². The van der Waals surface area contributed by atoms with E-state index in [0.717, 1.165) is 0 Å². The molecule has 0 rings (SSSR count). The van der Waals surface area contributed by atoms with E-state index in [2.05, 4.69) is 0 Å². The van der Waals surface area contributed by atoms with Crippen LogP contribution in [0, 0.1) is 0 Å². The maximum absolute atomic E-state index is 9.90. The Morgan fingerprint density at radius 2 is 1.00 bits per heavy atom. The fourth-order valence-corrected chi connectivity index (χ4v) is 0.552. The zero-order valence-corrected chi connectivity index (χ0v) is 9.36. The molecule has 0 aromatic carbocycles. The zero-order valence-electron chi connectivity index (χ0n) is 9.36. The van der Waals surface area contributed by atoms with Gasteiger partial charge in [-0.3, -0.25) is 19.2 Å². The Morgan fingerprint density at radius 1 is 0.750 bits per heavy atom. The van der Waals surface area contributed by atoms with Gasteiger partial charge in [0.15, 0.2) is 11.6 Å². The number of Topliss-reactive ketones (excluding diaryl/α,β-unsaturated/α-hetero) is 2. The molecule has 2 N–H and O–H groups in total. The zero-order chi connectivity index (χ0) is 13.1. The Bertz CT molecular complexity index is 240. The first kappa shape index (κ1) is 16.7. The van der Waals surface area contributed by atoms with Crippen molar-refractivity contribution in [3.63, 3.8) is 0 Å². The summed E-state index contributed by atoms with van der Waals surface area (Å²) in [6, 6.07) is 0. The molecule has 6 heteroatoms. The smallest absolute Gasteiger partial charge is 0.303 e. The molecule has 0 aromatic heterocycles. The van der Waals surface area contributed by atoms with Crippen LogP contribution in [0.15, 0.2) is 0 Å². The molecule has 0 unspecified atom stereocenters. The number of carbonyl (C=O) groups is 4. The van der Waals surface area contributed by atoms with E-state index in [1.165, 1.54) is 13.8 Å². The van der Waals surface area contributed by atoms with Gasteiger partial charge >= 0.3 is 11.9 Å². The molecule has 0 spiro atoms. The monoisotopic (exact) mass is 232 g/mol. The molecule has 0 saturated carbocycles. The third-order valence-corrected chi connectivity index (χ3v) is 1.53. The van der Waals surface area contributed by atoms with Crippen molar-refractivity contribution in [2.45, 2.75) is 39.5 Å². The van der Waals surface area contributed by atoms with Crippen LogP contribution in [-0.2, 0) is 19.2 Å². The number of unbranched alkanes of at least 4 members (excludes halogenated alkanes) is 1. The molecule has 0 bridgehead atoms. The molecular weight excluding hydrogens is 216 g/mol. The normalized spacial score (nSPS) is 8.62. The average Bonchev–Trinajstić information content (AvgIpc) is 2.12. The molecule has 0 aliphatic rings. The summed E-state index contributed by atoms with van der Waals surface area (Å²) < 4.78 is 0. The first-order valence-corrected chi connectivity index (χ1v) is 4.72. The minimum atomic E-state index is -0.870. The Hall–Kier alpha value is -1.72. The molecular formula is C10H16O6. The van der Waals surface area contributed by atoms with Crippen LogP contribution in [-0.4, -0.2) is 33.7 Å². The van der Waals surface area contributed by atoms with Gasteiger partial charge < -0.3 is 10.2 Å². The third kappa shape index (κ3) is 18.1. The summed E-state index contributed by atoms with van der Waals surface area (Å²) in [4.78, 5) is 39.4. The van der Waals surface area contributed by atoms with Crippen LogP contribution in [0.5, 0.6) is 0 Å². The van der Waals surface area contributed by atoms with Crippen LogP contribution in [0.25, 0.3) is 0 Å². The molecule has 0 heterocycles. The lowest BCUT2D eigenvalue weighted by molar-refractivity contribution is -0.139. The van der Waals surface area contributed by atoms with Crippen LogP contribution in [0.1, 0.15) is 39.5 Å². The second-order valence-electron chi connectivity index (χ2n) is 3.11. The van der Waals surface area contributed by atoms with Gasteiger partial charge in [0, 0.05) is 26.7 Å². The van der Waals surface area contributed by atoms with Gasteiger partial charge in [-0.05, 0) is 12.8 Å². The van der Waals surface area contributed by atoms with Crippen molar-refractivity contribution < 1.29 is 29.4 Å². The second-order valence-corrected chi connectivity index (χ2v) is 3.11. The van der Waals surface area contributed by atoms with Crippen molar-refractivity contribution in [1.82, 2.24) is 0 Å². The molecule has 0 aliphatic heterocycles. The molecule has 6 nitrogen and oxygen atoms in total. The summed E-state index contributed by atoms with van der Waals surface area (Å²) >= 11 is 0. The van der Waals surface area contributed by atoms with Gasteiger partial charge in [0.05, 0.1) is 0 Å². The number of hydrogen-bond donors (Lipinski definition) is 2. The molecule has 0 saturated heterocycles. The minimum absolute atomic E-state index is 0.0628. The second kappa shape index (κ2) is 9.82. The fourth-order valence-electron chi connectivity index (χ4n) is 0.552. The molecule has 16 heavy (non-hydrogen) atoms. The third-order valence-electron chi connectivity index (χ3n) is 1.53. The van der Waals surface area contributed by atoms with E-state index in [9.17, 15) is 19.2 Å². The predicted octanol–water partition coefficient (Wildman–Crippen LogP) is 0.880. The largest absolute Gasteiger partial charge is 0.481 e. The molecule has 0 fully saturated rings. The summed E-state index contributed by atoms with van der Waals surface area (Å²) in [5.74, 6) is -2.50. The molecule has 0 aromatic rings. The van der Waals surface area contributed by atoms with Crippen molar-refractivity contribution >= 4 is 23.5 Å². The summed E-state index contributed by atoms with van der Waals surface area (Å²) in [7, 11) is 0. The number of aliphatic carboxylic acids is 2. The number of rotatable bonds is 6. The Balaban J connectivity index is 0. The molecule has 0 aliphatic carbocycles. The van der Waals surface area contributed by atoms with Gasteiger partial charge in [-0.25, -0.2) is 0 Å². The number of carboxylic acid groups (broad SMARTS) is 2. The van der Waals surface area contributed by atoms with E-state index >= 15 is 0 Å². The van der Waals surface area contributed by atoms with E-state index in [-0.39, 0.29) is 24.4 Å². The lowest BCUT2D eigenvalue weighted by Gasteiger charge is -1.92. The highest BCUT2D eigenvalue weighted by Crippen LogP contribution is 1.98. The van der Waals surface area contributed by atoms with Crippen molar-refractivity contribution in [1.29, 1.82) is 0 Å². The van der Waals surface area contributed by atoms with Crippen molar-refractivity contribution in [2.75, 3.05) is 0 Å². The highest BCUT2D eigenvalue weighted by Gasteiger charge is 1.99. The van der Waals surface area contributed by atoms with Crippen LogP contribution in [0.2, 0.25) is 0 Å². The van der Waals surface area contributed by atoms with E-state index in [0.29, 0.717) is 12.8 Å². The van der Waals surface area contributed by atoms with E-state index in [1.807, 2.05) is 0 Å². The number of hydrogen-bond acceptors (Lipinski definition) is 4. The molecule has 0 atom stereocenters. The first-order valence-electron chi connectivity index (χ1n) is 4.72. The Labute approximate surface area is 93.3 Å². The number of carboxylic acids is 2. The van der Waals surface area contributed by atoms with E-state index in [1.54, 1.807) is 0 Å². The van der Waals surface area contributed by atoms with Gasteiger partial charge in [0.25, 0.3) is 0 Å². The van der Waals surface area contributed by atoms with Gasteiger partial charge in [0.2, 0.25) is 0 Å². The number of ketones is 2. The van der Waals surface area contributed by atoms with E-state index < -0.39 is 11.9 Å². The molecule has 0 amide bonds. The lowest BCUT2D eigenvalue weighted by Crippen LogP contribution is -2.01. The first-order chi connectivity index (χ1) is 7.27. The summed E-state index contributed by atoms with van der Waals surface area (Å²) in [6.45, 7) is 2.50. The topological polar surface area (TPSA) is 109 Å². The Morgan fingerprint density at radius 3 is 1.12 bits per heavy atom. The summed E-state index contributed by atoms with van der Waals surface area (Å²) in [5.41, 5.74) is 0. The maximum Gasteiger partial charge on any atom is 0.303 e. The van der Waals surface area contributed by atoms with Crippen molar-refractivity contribution in [3.05, 3.63) is 0 Å². The minimum Gasteiger partial charge on any atom is -0.481 e. The van der Waals surface area contributed by atoms with Crippen LogP contribution < -0.4 is 0 Å². The van der Waals surface area contributed by atoms with Gasteiger partial charge in [-0.15, -0.1) is 0 Å². The quantitative estimate of drug-likeness (QED) is 0.519. The van der Waals surface area contributed by atoms with Gasteiger partial charge in [-0.2, -0.15) is 0 Å². The lowest BCUT2D eigenvalue weighted by atomic mass is 10.2. The van der Waals surface area contributed by atoms with Crippen LogP contribution >= 0.6 is 0 Å². The Kier molecular flexibility index (Phi) is 10.3. The summed E-state index contributed by atoms with van der Waals surface area (Å²) in [6.07, 6.45) is 1.02. The van der Waals surface area contributed by atoms with Gasteiger partial charge in [-0.1, -0.05) is 0 Å². The fraction of sp³-hybridized carbons (Fsp3) is 0.600. The van der Waals surface area contributed by atoms with Crippen LogP contribution in [0.4, 0.5) is 0 Å². The summed E-state index contributed by atoms with van der Waals surface area (Å²) in [5, 5.41) is 16.3. The van der Waals surface area contributed by atoms with Crippen molar-refractivity contribution in [2.24, 2.45) is 0 Å².